The minimum Gasteiger partial charge on any atom is -0.380 e. The first-order valence-electron chi connectivity index (χ1n) is 12.6. The fourth-order valence-electron chi connectivity index (χ4n) is 4.52. The van der Waals surface area contributed by atoms with Gasteiger partial charge in [-0.2, -0.15) is 0 Å². The molecule has 2 saturated heterocycles. The topological polar surface area (TPSA) is 96.0 Å². The minimum atomic E-state index is -0.327. The molecule has 36 heavy (non-hydrogen) atoms. The van der Waals surface area contributed by atoms with Crippen molar-refractivity contribution in [1.82, 2.24) is 15.2 Å². The Morgan fingerprint density at radius 3 is 2.83 bits per heavy atom. The van der Waals surface area contributed by atoms with Gasteiger partial charge in [-0.3, -0.25) is 14.5 Å². The van der Waals surface area contributed by atoms with E-state index in [9.17, 15) is 9.59 Å². The van der Waals surface area contributed by atoms with E-state index in [-0.39, 0.29) is 23.5 Å². The van der Waals surface area contributed by atoms with Crippen LogP contribution in [-0.2, 0) is 16.0 Å². The van der Waals surface area contributed by atoms with Crippen LogP contribution in [0.5, 0.6) is 0 Å². The molecule has 2 fully saturated rings. The van der Waals surface area contributed by atoms with Gasteiger partial charge in [0.2, 0.25) is 0 Å². The van der Waals surface area contributed by atoms with Crippen molar-refractivity contribution in [3.8, 4) is 0 Å². The van der Waals surface area contributed by atoms with E-state index < -0.39 is 0 Å². The number of amides is 2. The van der Waals surface area contributed by atoms with Crippen molar-refractivity contribution in [3.63, 3.8) is 0 Å². The first-order chi connectivity index (χ1) is 17.3. The Balaban J connectivity index is 1.51. The maximum Gasteiger partial charge on any atom is 0.275 e. The Bertz CT molecular complexity index is 1070. The molecule has 4 rings (SSSR count). The highest BCUT2D eigenvalue weighted by molar-refractivity contribution is 7.14. The molecule has 1 aromatic carbocycles. The second kappa shape index (κ2) is 11.7. The molecule has 0 unspecified atom stereocenters. The molecule has 0 spiro atoms. The van der Waals surface area contributed by atoms with Crippen LogP contribution in [0.15, 0.2) is 23.6 Å². The number of aromatic nitrogens is 1. The number of morpholine rings is 1. The Hall–Kier alpha value is -2.53. The van der Waals surface area contributed by atoms with Crippen LogP contribution in [0.3, 0.4) is 0 Å². The molecule has 2 aliphatic heterocycles. The van der Waals surface area contributed by atoms with Crippen LogP contribution in [0.25, 0.3) is 0 Å². The van der Waals surface area contributed by atoms with E-state index in [4.69, 9.17) is 9.47 Å². The third kappa shape index (κ3) is 6.23. The third-order valence-corrected chi connectivity index (χ3v) is 7.68. The number of carbonyl (C=O) groups excluding carboxylic acids is 2. The van der Waals surface area contributed by atoms with Crippen LogP contribution < -0.4 is 15.5 Å². The van der Waals surface area contributed by atoms with Gasteiger partial charge in [-0.1, -0.05) is 13.0 Å². The van der Waals surface area contributed by atoms with Crippen molar-refractivity contribution in [2.45, 2.75) is 51.8 Å². The number of hydrogen-bond acceptors (Lipinski definition) is 8. The summed E-state index contributed by atoms with van der Waals surface area (Å²) in [5.41, 5.74) is 2.21. The summed E-state index contributed by atoms with van der Waals surface area (Å²) in [4.78, 5) is 35.2. The zero-order valence-electron chi connectivity index (χ0n) is 21.6. The molecule has 2 aliphatic rings. The van der Waals surface area contributed by atoms with Crippen molar-refractivity contribution in [2.24, 2.45) is 0 Å². The lowest BCUT2D eigenvalue weighted by atomic mass is 10.00. The lowest BCUT2D eigenvalue weighted by Gasteiger charge is -2.42. The normalized spacial score (nSPS) is 19.9. The second-order valence-corrected chi connectivity index (χ2v) is 10.8. The number of benzene rings is 1. The molecule has 3 heterocycles. The van der Waals surface area contributed by atoms with Crippen LogP contribution in [0.1, 0.15) is 60.0 Å². The van der Waals surface area contributed by atoms with Crippen molar-refractivity contribution >= 4 is 34.0 Å². The number of nitrogens with one attached hydrogen (secondary N) is 2. The second-order valence-electron chi connectivity index (χ2n) is 9.98. The number of nitrogens with zero attached hydrogens (tertiary/aromatic N) is 3. The van der Waals surface area contributed by atoms with Crippen molar-refractivity contribution in [2.75, 3.05) is 56.7 Å². The van der Waals surface area contributed by atoms with Crippen molar-refractivity contribution in [1.29, 1.82) is 0 Å². The Labute approximate surface area is 217 Å². The Morgan fingerprint density at radius 2 is 2.11 bits per heavy atom. The number of methoxy groups -OCH3 is 1. The van der Waals surface area contributed by atoms with E-state index in [1.54, 1.807) is 12.5 Å². The zero-order chi connectivity index (χ0) is 25.7. The fourth-order valence-corrected chi connectivity index (χ4v) is 5.36. The highest BCUT2D eigenvalue weighted by Gasteiger charge is 2.31. The third-order valence-electron chi connectivity index (χ3n) is 6.78. The highest BCUT2D eigenvalue weighted by atomic mass is 32.1. The standard InChI is InChI=1S/C26H37N5O4S/c1-5-9-27-23(32)20-13-18(14-31-11-12-35-17-26(31,2)3)6-7-21(20)28-24(33)22-16-36-25(29-22)30-10-8-19(15-30)34-4/h6-7,13,16,19H,5,8-12,14-15,17H2,1-4H3,(H,27,32)(H,28,33)/t19-/m0/s1. The quantitative estimate of drug-likeness (QED) is 0.529. The molecule has 9 nitrogen and oxygen atoms in total. The monoisotopic (exact) mass is 515 g/mol. The number of rotatable bonds is 9. The molecule has 196 valence electrons. The molecular formula is C26H37N5O4S. The van der Waals surface area contributed by atoms with Gasteiger partial charge in [-0.05, 0) is 44.4 Å². The highest BCUT2D eigenvalue weighted by Crippen LogP contribution is 2.27. The van der Waals surface area contributed by atoms with Gasteiger partial charge in [0.1, 0.15) is 5.69 Å². The number of carbonyl (C=O) groups is 2. The average molecular weight is 516 g/mol. The van der Waals surface area contributed by atoms with Crippen LogP contribution in [-0.4, -0.2) is 79.8 Å². The molecule has 0 saturated carbocycles. The van der Waals surface area contributed by atoms with Gasteiger partial charge in [0, 0.05) is 50.8 Å². The van der Waals surface area contributed by atoms with E-state index in [1.165, 1.54) is 11.3 Å². The summed E-state index contributed by atoms with van der Waals surface area (Å²) >= 11 is 1.44. The minimum absolute atomic E-state index is 0.0866. The number of ether oxygens (including phenoxy) is 2. The molecule has 2 amide bonds. The SMILES string of the molecule is CCCNC(=O)c1cc(CN2CCOCC2(C)C)ccc1NC(=O)c1csc(N2CC[C@H](OC)C2)n1. The summed E-state index contributed by atoms with van der Waals surface area (Å²) < 4.78 is 11.1. The first-order valence-corrected chi connectivity index (χ1v) is 13.5. The largest absolute Gasteiger partial charge is 0.380 e. The maximum atomic E-state index is 13.1. The molecule has 0 bridgehead atoms. The van der Waals surface area contributed by atoms with Crippen molar-refractivity contribution in [3.05, 3.63) is 40.4 Å². The molecule has 0 aliphatic carbocycles. The zero-order valence-corrected chi connectivity index (χ0v) is 22.5. The Morgan fingerprint density at radius 1 is 1.28 bits per heavy atom. The van der Waals surface area contributed by atoms with Gasteiger partial charge in [-0.15, -0.1) is 11.3 Å². The molecule has 1 aromatic heterocycles. The van der Waals surface area contributed by atoms with E-state index in [1.807, 2.05) is 25.1 Å². The lowest BCUT2D eigenvalue weighted by molar-refractivity contribution is -0.0552. The van der Waals surface area contributed by atoms with Gasteiger partial charge < -0.3 is 25.0 Å². The van der Waals surface area contributed by atoms with Gasteiger partial charge in [-0.25, -0.2) is 4.98 Å². The van der Waals surface area contributed by atoms with Crippen molar-refractivity contribution < 1.29 is 19.1 Å². The summed E-state index contributed by atoms with van der Waals surface area (Å²) in [5, 5.41) is 8.44. The number of thiazole rings is 1. The average Bonchev–Trinajstić information content (AvgIpc) is 3.54. The molecular weight excluding hydrogens is 478 g/mol. The molecule has 2 aromatic rings. The van der Waals surface area contributed by atoms with E-state index in [0.29, 0.717) is 43.2 Å². The molecule has 10 heteroatoms. The van der Waals surface area contributed by atoms with E-state index in [0.717, 1.165) is 43.2 Å². The van der Waals surface area contributed by atoms with Gasteiger partial charge in [0.15, 0.2) is 5.13 Å². The van der Waals surface area contributed by atoms with E-state index in [2.05, 4.69) is 39.3 Å². The van der Waals surface area contributed by atoms with Gasteiger partial charge in [0.25, 0.3) is 11.8 Å². The van der Waals surface area contributed by atoms with Crippen LogP contribution >= 0.6 is 11.3 Å². The first kappa shape index (κ1) is 26.5. The summed E-state index contributed by atoms with van der Waals surface area (Å²) in [5.74, 6) is -0.525. The number of hydrogen-bond donors (Lipinski definition) is 2. The fraction of sp³-hybridized carbons (Fsp3) is 0.577. The van der Waals surface area contributed by atoms with Gasteiger partial charge in [0.05, 0.1) is 30.6 Å². The predicted octanol–water partition coefficient (Wildman–Crippen LogP) is 3.37. The number of anilines is 2. The smallest absolute Gasteiger partial charge is 0.275 e. The maximum absolute atomic E-state index is 13.1. The molecule has 1 atom stereocenters. The van der Waals surface area contributed by atoms with Crippen LogP contribution in [0.4, 0.5) is 10.8 Å². The van der Waals surface area contributed by atoms with Gasteiger partial charge >= 0.3 is 0 Å². The Kier molecular flexibility index (Phi) is 8.61. The lowest BCUT2D eigenvalue weighted by Crippen LogP contribution is -2.52. The summed E-state index contributed by atoms with van der Waals surface area (Å²) in [6, 6.07) is 5.67. The predicted molar refractivity (Wildman–Crippen MR) is 142 cm³/mol. The molecule has 0 radical (unpaired) electrons. The molecule has 2 N–H and O–H groups in total. The van der Waals surface area contributed by atoms with Crippen LogP contribution in [0, 0.1) is 0 Å². The summed E-state index contributed by atoms with van der Waals surface area (Å²) in [6.45, 7) is 11.4. The van der Waals surface area contributed by atoms with E-state index >= 15 is 0 Å². The summed E-state index contributed by atoms with van der Waals surface area (Å²) in [7, 11) is 1.72. The summed E-state index contributed by atoms with van der Waals surface area (Å²) in [6.07, 6.45) is 1.97. The van der Waals surface area contributed by atoms with Crippen LogP contribution in [0.2, 0.25) is 0 Å².